The van der Waals surface area contributed by atoms with Crippen LogP contribution in [0.15, 0.2) is 30.3 Å². The van der Waals surface area contributed by atoms with Crippen LogP contribution in [-0.2, 0) is 18.0 Å². The Morgan fingerprint density at radius 1 is 1.31 bits per heavy atom. The average Bonchev–Trinajstić information content (AvgIpc) is 2.96. The summed E-state index contributed by atoms with van der Waals surface area (Å²) in [4.78, 5) is 26.2. The molecule has 10 heteroatoms. The first-order chi connectivity index (χ1) is 12.2. The summed E-state index contributed by atoms with van der Waals surface area (Å²) in [6.45, 7) is 0.207. The van der Waals surface area contributed by atoms with E-state index in [1.165, 1.54) is 25.2 Å². The van der Waals surface area contributed by atoms with Crippen LogP contribution in [0.3, 0.4) is 0 Å². The van der Waals surface area contributed by atoms with E-state index in [1.807, 2.05) is 0 Å². The Hall–Kier alpha value is -2.91. The molecular weight excluding hydrogens is 356 g/mol. The van der Waals surface area contributed by atoms with Crippen molar-refractivity contribution in [2.24, 2.45) is 7.05 Å². The number of amides is 2. The lowest BCUT2D eigenvalue weighted by atomic mass is 10.0. The zero-order chi connectivity index (χ0) is 19.1. The molecule has 0 bridgehead atoms. The van der Waals surface area contributed by atoms with Crippen molar-refractivity contribution in [1.82, 2.24) is 20.0 Å². The van der Waals surface area contributed by atoms with Crippen LogP contribution < -0.4 is 5.32 Å². The van der Waals surface area contributed by atoms with E-state index < -0.39 is 35.5 Å². The molecule has 6 nitrogen and oxygen atoms in total. The molecule has 2 heterocycles. The number of alkyl halides is 3. The number of rotatable bonds is 2. The van der Waals surface area contributed by atoms with Gasteiger partial charge in [0.05, 0.1) is 0 Å². The zero-order valence-electron chi connectivity index (χ0n) is 13.5. The van der Waals surface area contributed by atoms with E-state index in [9.17, 15) is 27.2 Å². The maximum absolute atomic E-state index is 13.5. The third-order valence-electron chi connectivity index (χ3n) is 4.03. The van der Waals surface area contributed by atoms with Crippen molar-refractivity contribution in [2.45, 2.75) is 12.2 Å². The van der Waals surface area contributed by atoms with Crippen molar-refractivity contribution in [3.8, 4) is 0 Å². The van der Waals surface area contributed by atoms with Crippen LogP contribution >= 0.6 is 0 Å². The Labute approximate surface area is 145 Å². The summed E-state index contributed by atoms with van der Waals surface area (Å²) in [5.41, 5.74) is -1.28. The standard InChI is InChI=1S/C16H14F4N4O2/c1-23-11(8-12(22-23)16(18,19)20)15(26)24-6-5-21-14(25)13(24)9-3-2-4-10(17)7-9/h2-4,7-8,13H,5-6H2,1H3,(H,21,25)/t13-/m1/s1. The number of nitrogens with zero attached hydrogens (tertiary/aromatic N) is 3. The molecule has 0 radical (unpaired) electrons. The molecule has 1 saturated heterocycles. The number of hydrogen-bond acceptors (Lipinski definition) is 3. The molecular formula is C16H14F4N4O2. The summed E-state index contributed by atoms with van der Waals surface area (Å²) >= 11 is 0. The van der Waals surface area contributed by atoms with Crippen LogP contribution in [-0.4, -0.2) is 39.6 Å². The van der Waals surface area contributed by atoms with Crippen molar-refractivity contribution in [2.75, 3.05) is 13.1 Å². The van der Waals surface area contributed by atoms with Crippen molar-refractivity contribution in [3.63, 3.8) is 0 Å². The topological polar surface area (TPSA) is 67.2 Å². The molecule has 3 rings (SSSR count). The predicted octanol–water partition coefficient (Wildman–Crippen LogP) is 1.89. The number of hydrogen-bond donors (Lipinski definition) is 1. The van der Waals surface area contributed by atoms with E-state index in [2.05, 4.69) is 10.4 Å². The lowest BCUT2D eigenvalue weighted by Crippen LogP contribution is -2.52. The summed E-state index contributed by atoms with van der Waals surface area (Å²) in [5, 5.41) is 5.89. The van der Waals surface area contributed by atoms with Gasteiger partial charge in [0.1, 0.15) is 17.6 Å². The monoisotopic (exact) mass is 370 g/mol. The van der Waals surface area contributed by atoms with Crippen molar-refractivity contribution in [1.29, 1.82) is 0 Å². The molecule has 0 saturated carbocycles. The van der Waals surface area contributed by atoms with Gasteiger partial charge in [-0.15, -0.1) is 0 Å². The highest BCUT2D eigenvalue weighted by atomic mass is 19.4. The van der Waals surface area contributed by atoms with Gasteiger partial charge in [-0.2, -0.15) is 18.3 Å². The van der Waals surface area contributed by atoms with Gasteiger partial charge < -0.3 is 10.2 Å². The first-order valence-corrected chi connectivity index (χ1v) is 7.64. The number of nitrogens with one attached hydrogen (secondary N) is 1. The van der Waals surface area contributed by atoms with Gasteiger partial charge in [0, 0.05) is 26.2 Å². The Morgan fingerprint density at radius 2 is 2.04 bits per heavy atom. The number of piperazine rings is 1. The van der Waals surface area contributed by atoms with Gasteiger partial charge in [0.2, 0.25) is 5.91 Å². The second kappa shape index (κ2) is 6.43. The maximum Gasteiger partial charge on any atom is 0.435 e. The molecule has 2 amide bonds. The van der Waals surface area contributed by atoms with Gasteiger partial charge in [0.15, 0.2) is 5.69 Å². The fourth-order valence-electron chi connectivity index (χ4n) is 2.85. The number of aryl methyl sites for hydroxylation is 1. The van der Waals surface area contributed by atoms with E-state index in [-0.39, 0.29) is 24.3 Å². The van der Waals surface area contributed by atoms with Gasteiger partial charge in [-0.05, 0) is 17.7 Å². The van der Waals surface area contributed by atoms with Crippen LogP contribution in [0.25, 0.3) is 0 Å². The largest absolute Gasteiger partial charge is 0.435 e. The number of halogens is 4. The molecule has 2 aromatic rings. The second-order valence-corrected chi connectivity index (χ2v) is 5.78. The molecule has 1 aromatic heterocycles. The summed E-state index contributed by atoms with van der Waals surface area (Å²) in [5.74, 6) is -1.92. The molecule has 1 aromatic carbocycles. The van der Waals surface area contributed by atoms with Gasteiger partial charge in [0.25, 0.3) is 5.91 Å². The van der Waals surface area contributed by atoms with E-state index in [4.69, 9.17) is 0 Å². The fraction of sp³-hybridized carbons (Fsp3) is 0.312. The van der Waals surface area contributed by atoms with E-state index in [1.54, 1.807) is 0 Å². The molecule has 1 aliphatic heterocycles. The zero-order valence-corrected chi connectivity index (χ0v) is 13.5. The molecule has 1 N–H and O–H groups in total. The lowest BCUT2D eigenvalue weighted by molar-refractivity contribution is -0.141. The van der Waals surface area contributed by atoms with Crippen molar-refractivity contribution < 1.29 is 27.2 Å². The Balaban J connectivity index is 1.99. The highest BCUT2D eigenvalue weighted by molar-refractivity contribution is 5.97. The van der Waals surface area contributed by atoms with Crippen LogP contribution in [0.1, 0.15) is 27.8 Å². The highest BCUT2D eigenvalue weighted by Gasteiger charge is 2.39. The molecule has 1 aliphatic rings. The number of aromatic nitrogens is 2. The van der Waals surface area contributed by atoms with E-state index >= 15 is 0 Å². The molecule has 26 heavy (non-hydrogen) atoms. The van der Waals surface area contributed by atoms with Crippen molar-refractivity contribution in [3.05, 3.63) is 53.1 Å². The molecule has 138 valence electrons. The summed E-state index contributed by atoms with van der Waals surface area (Å²) < 4.78 is 52.8. The minimum atomic E-state index is -4.70. The molecule has 0 aliphatic carbocycles. The average molecular weight is 370 g/mol. The third kappa shape index (κ3) is 3.26. The Bertz CT molecular complexity index is 862. The van der Waals surface area contributed by atoms with Crippen LogP contribution in [0.2, 0.25) is 0 Å². The minimum absolute atomic E-state index is 0.0677. The third-order valence-corrected chi connectivity index (χ3v) is 4.03. The Morgan fingerprint density at radius 3 is 2.65 bits per heavy atom. The normalized spacial score (nSPS) is 18.0. The SMILES string of the molecule is Cn1nc(C(F)(F)F)cc1C(=O)N1CCNC(=O)[C@H]1c1cccc(F)c1. The smallest absolute Gasteiger partial charge is 0.352 e. The Kier molecular flexibility index (Phi) is 4.43. The first-order valence-electron chi connectivity index (χ1n) is 7.64. The summed E-state index contributed by atoms with van der Waals surface area (Å²) in [7, 11) is 1.21. The van der Waals surface area contributed by atoms with Gasteiger partial charge in [-0.3, -0.25) is 14.3 Å². The molecule has 0 unspecified atom stereocenters. The minimum Gasteiger partial charge on any atom is -0.352 e. The van der Waals surface area contributed by atoms with Gasteiger partial charge in [-0.25, -0.2) is 4.39 Å². The fourth-order valence-corrected chi connectivity index (χ4v) is 2.85. The van der Waals surface area contributed by atoms with Crippen molar-refractivity contribution >= 4 is 11.8 Å². The van der Waals surface area contributed by atoms with E-state index in [0.717, 1.165) is 15.6 Å². The van der Waals surface area contributed by atoms with E-state index in [0.29, 0.717) is 6.07 Å². The number of benzene rings is 1. The van der Waals surface area contributed by atoms with Crippen LogP contribution in [0.4, 0.5) is 17.6 Å². The van der Waals surface area contributed by atoms with Gasteiger partial charge in [-0.1, -0.05) is 12.1 Å². The number of carbonyl (C=O) groups excluding carboxylic acids is 2. The van der Waals surface area contributed by atoms with Crippen LogP contribution in [0, 0.1) is 5.82 Å². The van der Waals surface area contributed by atoms with Gasteiger partial charge >= 0.3 is 6.18 Å². The summed E-state index contributed by atoms with van der Waals surface area (Å²) in [6.07, 6.45) is -4.70. The highest BCUT2D eigenvalue weighted by Crippen LogP contribution is 2.30. The molecule has 1 fully saturated rings. The maximum atomic E-state index is 13.5. The molecule has 0 spiro atoms. The molecule has 1 atom stereocenters. The predicted molar refractivity (Wildman–Crippen MR) is 81.4 cm³/mol. The lowest BCUT2D eigenvalue weighted by Gasteiger charge is -2.35. The van der Waals surface area contributed by atoms with Crippen LogP contribution in [0.5, 0.6) is 0 Å². The summed E-state index contributed by atoms with van der Waals surface area (Å²) in [6, 6.07) is 4.66. The first kappa shape index (κ1) is 17.9. The second-order valence-electron chi connectivity index (χ2n) is 5.78. The quantitative estimate of drug-likeness (QED) is 0.821. The number of carbonyl (C=O) groups is 2.